The predicted molar refractivity (Wildman–Crippen MR) is 51.4 cm³/mol. The predicted octanol–water partition coefficient (Wildman–Crippen LogP) is 1.50. The van der Waals surface area contributed by atoms with Crippen molar-refractivity contribution in [3.05, 3.63) is 45.8 Å². The molecule has 16 heavy (non-hydrogen) atoms. The minimum Gasteiger partial charge on any atom is -0.478 e. The van der Waals surface area contributed by atoms with E-state index in [1.165, 1.54) is 12.1 Å². The molecule has 0 saturated heterocycles. The first-order chi connectivity index (χ1) is 7.52. The van der Waals surface area contributed by atoms with Crippen molar-refractivity contribution in [2.24, 2.45) is 0 Å². The van der Waals surface area contributed by atoms with Crippen molar-refractivity contribution in [1.29, 1.82) is 0 Å². The number of hydrogen-bond donors (Lipinski definition) is 2. The molecule has 4 nitrogen and oxygen atoms in total. The molecule has 0 bridgehead atoms. The molecule has 0 atom stereocenters. The SMILES string of the molecule is O=C(O)c1c(F)c(=O)[nH]c2c(F)cccc12. The maximum Gasteiger partial charge on any atom is 0.339 e. The van der Waals surface area contributed by atoms with Crippen molar-refractivity contribution < 1.29 is 18.7 Å². The van der Waals surface area contributed by atoms with Gasteiger partial charge in [0.1, 0.15) is 11.4 Å². The van der Waals surface area contributed by atoms with Gasteiger partial charge in [-0.3, -0.25) is 4.79 Å². The molecule has 2 N–H and O–H groups in total. The van der Waals surface area contributed by atoms with Crippen LogP contribution in [-0.4, -0.2) is 16.1 Å². The van der Waals surface area contributed by atoms with Crippen LogP contribution in [0.25, 0.3) is 10.9 Å². The topological polar surface area (TPSA) is 70.2 Å². The van der Waals surface area contributed by atoms with Gasteiger partial charge >= 0.3 is 5.97 Å². The molecule has 0 amide bonds. The standard InChI is InChI=1S/C10H5F2NO3/c11-5-3-1-2-4-6(10(15)16)7(12)9(14)13-8(4)5/h1-3H,(H,13,14)(H,15,16). The zero-order valence-electron chi connectivity index (χ0n) is 7.75. The second kappa shape index (κ2) is 3.41. The van der Waals surface area contributed by atoms with E-state index in [0.29, 0.717) is 0 Å². The Bertz CT molecular complexity index is 648. The minimum absolute atomic E-state index is 0.176. The fourth-order valence-corrected chi connectivity index (χ4v) is 1.47. The number of carbonyl (C=O) groups is 1. The van der Waals surface area contributed by atoms with Gasteiger partial charge in [0.05, 0.1) is 5.52 Å². The summed E-state index contributed by atoms with van der Waals surface area (Å²) >= 11 is 0. The number of rotatable bonds is 1. The summed E-state index contributed by atoms with van der Waals surface area (Å²) in [5.74, 6) is -3.85. The zero-order chi connectivity index (χ0) is 11.9. The fourth-order valence-electron chi connectivity index (χ4n) is 1.47. The fraction of sp³-hybridized carbons (Fsp3) is 0. The number of carboxylic acids is 1. The zero-order valence-corrected chi connectivity index (χ0v) is 7.75. The van der Waals surface area contributed by atoms with Crippen molar-refractivity contribution in [1.82, 2.24) is 4.98 Å². The van der Waals surface area contributed by atoms with Gasteiger partial charge in [-0.2, -0.15) is 4.39 Å². The smallest absolute Gasteiger partial charge is 0.339 e. The van der Waals surface area contributed by atoms with Gasteiger partial charge in [0.15, 0.2) is 0 Å². The molecule has 0 aliphatic heterocycles. The second-order valence-corrected chi connectivity index (χ2v) is 3.11. The number of benzene rings is 1. The third kappa shape index (κ3) is 1.35. The Morgan fingerprint density at radius 2 is 2.00 bits per heavy atom. The molecular formula is C10H5F2NO3. The quantitative estimate of drug-likeness (QED) is 0.772. The lowest BCUT2D eigenvalue weighted by molar-refractivity contribution is 0.0694. The van der Waals surface area contributed by atoms with Gasteiger partial charge in [0.2, 0.25) is 5.82 Å². The lowest BCUT2D eigenvalue weighted by Gasteiger charge is -2.03. The Labute approximate surface area is 87.1 Å². The molecule has 0 unspecified atom stereocenters. The molecule has 1 aromatic carbocycles. The average Bonchev–Trinajstić information content (AvgIpc) is 2.21. The molecule has 0 radical (unpaired) electrons. The van der Waals surface area contributed by atoms with Crippen LogP contribution in [0.4, 0.5) is 8.78 Å². The average molecular weight is 225 g/mol. The first-order valence-corrected chi connectivity index (χ1v) is 4.25. The maximum atomic E-state index is 13.3. The van der Waals surface area contributed by atoms with Gasteiger partial charge in [0.25, 0.3) is 5.56 Å². The van der Waals surface area contributed by atoms with Crippen LogP contribution in [0.5, 0.6) is 0 Å². The summed E-state index contributed by atoms with van der Waals surface area (Å²) in [6, 6.07) is 3.50. The van der Waals surface area contributed by atoms with Crippen LogP contribution in [-0.2, 0) is 0 Å². The van der Waals surface area contributed by atoms with Gasteiger partial charge in [0, 0.05) is 5.39 Å². The number of para-hydroxylation sites is 1. The maximum absolute atomic E-state index is 13.3. The van der Waals surface area contributed by atoms with E-state index < -0.39 is 28.7 Å². The number of fused-ring (bicyclic) bond motifs is 1. The third-order valence-corrected chi connectivity index (χ3v) is 2.15. The molecule has 0 fully saturated rings. The summed E-state index contributed by atoms with van der Waals surface area (Å²) in [5.41, 5.74) is -2.39. The Morgan fingerprint density at radius 3 is 2.62 bits per heavy atom. The van der Waals surface area contributed by atoms with Gasteiger partial charge in [-0.15, -0.1) is 0 Å². The van der Waals surface area contributed by atoms with E-state index in [1.807, 2.05) is 4.98 Å². The van der Waals surface area contributed by atoms with Crippen molar-refractivity contribution in [2.45, 2.75) is 0 Å². The molecule has 6 heteroatoms. The van der Waals surface area contributed by atoms with Crippen LogP contribution in [0, 0.1) is 11.6 Å². The first-order valence-electron chi connectivity index (χ1n) is 4.25. The summed E-state index contributed by atoms with van der Waals surface area (Å²) in [6.45, 7) is 0. The molecule has 2 rings (SSSR count). The number of halogens is 2. The highest BCUT2D eigenvalue weighted by atomic mass is 19.1. The molecule has 2 aromatic rings. The van der Waals surface area contributed by atoms with Crippen LogP contribution < -0.4 is 5.56 Å². The Morgan fingerprint density at radius 1 is 1.31 bits per heavy atom. The van der Waals surface area contributed by atoms with Gasteiger partial charge in [-0.05, 0) is 6.07 Å². The first kappa shape index (κ1) is 10.3. The molecule has 82 valence electrons. The second-order valence-electron chi connectivity index (χ2n) is 3.11. The van der Waals surface area contributed by atoms with E-state index in [4.69, 9.17) is 5.11 Å². The Balaban J connectivity index is 3.07. The number of nitrogens with one attached hydrogen (secondary N) is 1. The van der Waals surface area contributed by atoms with Crippen LogP contribution in [0.3, 0.4) is 0 Å². The molecule has 1 heterocycles. The van der Waals surface area contributed by atoms with Crippen molar-refractivity contribution >= 4 is 16.9 Å². The largest absolute Gasteiger partial charge is 0.478 e. The van der Waals surface area contributed by atoms with Gasteiger partial charge < -0.3 is 10.1 Å². The van der Waals surface area contributed by atoms with Gasteiger partial charge in [-0.25, -0.2) is 9.18 Å². The normalized spacial score (nSPS) is 10.6. The highest BCUT2D eigenvalue weighted by Crippen LogP contribution is 2.19. The van der Waals surface area contributed by atoms with E-state index in [1.54, 1.807) is 0 Å². The van der Waals surface area contributed by atoms with E-state index in [-0.39, 0.29) is 10.9 Å². The van der Waals surface area contributed by atoms with Crippen molar-refractivity contribution in [3.63, 3.8) is 0 Å². The number of aromatic amines is 1. The number of pyridine rings is 1. The summed E-state index contributed by atoms with van der Waals surface area (Å²) in [6.07, 6.45) is 0. The lowest BCUT2D eigenvalue weighted by atomic mass is 10.1. The highest BCUT2D eigenvalue weighted by Gasteiger charge is 2.19. The van der Waals surface area contributed by atoms with Crippen molar-refractivity contribution in [3.8, 4) is 0 Å². The number of aromatic nitrogens is 1. The van der Waals surface area contributed by atoms with Crippen LogP contribution in [0.1, 0.15) is 10.4 Å². The summed E-state index contributed by atoms with van der Waals surface area (Å²) in [5, 5.41) is 8.59. The lowest BCUT2D eigenvalue weighted by Crippen LogP contribution is -2.17. The highest BCUT2D eigenvalue weighted by molar-refractivity contribution is 6.02. The van der Waals surface area contributed by atoms with E-state index in [0.717, 1.165) is 6.07 Å². The Hall–Kier alpha value is -2.24. The van der Waals surface area contributed by atoms with Crippen LogP contribution in [0.2, 0.25) is 0 Å². The summed E-state index contributed by atoms with van der Waals surface area (Å²) in [7, 11) is 0. The molecule has 1 aromatic heterocycles. The molecule has 0 spiro atoms. The molecular weight excluding hydrogens is 220 g/mol. The van der Waals surface area contributed by atoms with Crippen LogP contribution in [0.15, 0.2) is 23.0 Å². The monoisotopic (exact) mass is 225 g/mol. The molecule has 0 aliphatic rings. The number of hydrogen-bond acceptors (Lipinski definition) is 2. The Kier molecular flexibility index (Phi) is 2.19. The number of H-pyrrole nitrogens is 1. The minimum atomic E-state index is -1.61. The van der Waals surface area contributed by atoms with E-state index in [2.05, 4.69) is 0 Å². The molecule has 0 aliphatic carbocycles. The molecule has 0 saturated carbocycles. The van der Waals surface area contributed by atoms with E-state index in [9.17, 15) is 18.4 Å². The van der Waals surface area contributed by atoms with Crippen LogP contribution >= 0.6 is 0 Å². The summed E-state index contributed by atoms with van der Waals surface area (Å²) in [4.78, 5) is 23.8. The van der Waals surface area contributed by atoms with Gasteiger partial charge in [-0.1, -0.05) is 12.1 Å². The third-order valence-electron chi connectivity index (χ3n) is 2.15. The number of carboxylic acid groups (broad SMARTS) is 1. The van der Waals surface area contributed by atoms with Crippen molar-refractivity contribution in [2.75, 3.05) is 0 Å². The number of aromatic carboxylic acids is 1. The van der Waals surface area contributed by atoms with E-state index >= 15 is 0 Å². The summed E-state index contributed by atoms with van der Waals surface area (Å²) < 4.78 is 26.5.